The van der Waals surface area contributed by atoms with E-state index >= 15 is 0 Å². The van der Waals surface area contributed by atoms with Crippen LogP contribution in [-0.2, 0) is 4.79 Å². The molecule has 0 saturated carbocycles. The molecule has 1 aliphatic rings. The van der Waals surface area contributed by atoms with Crippen LogP contribution in [0.3, 0.4) is 0 Å². The highest BCUT2D eigenvalue weighted by Crippen LogP contribution is 2.25. The number of carbonyl (C=O) groups excluding carboxylic acids is 1. The number of nitrogens with zero attached hydrogens (tertiary/aromatic N) is 1. The van der Waals surface area contributed by atoms with Crippen LogP contribution in [0.25, 0.3) is 0 Å². The van der Waals surface area contributed by atoms with Gasteiger partial charge in [-0.25, -0.2) is 0 Å². The minimum absolute atomic E-state index is 0.0127. The summed E-state index contributed by atoms with van der Waals surface area (Å²) in [4.78, 5) is 11.6. The lowest BCUT2D eigenvalue weighted by molar-refractivity contribution is -0.184. The zero-order valence-electron chi connectivity index (χ0n) is 7.84. The van der Waals surface area contributed by atoms with E-state index in [0.717, 1.165) is 4.90 Å². The van der Waals surface area contributed by atoms with Gasteiger partial charge in [-0.05, 0) is 19.3 Å². The average Bonchev–Trinajstić information content (AvgIpc) is 2.48. The number of likely N-dealkylation sites (tertiary alicyclic amines) is 1. The first kappa shape index (κ1) is 11.3. The molecule has 1 aliphatic heterocycles. The Hall–Kier alpha value is -0.780. The smallest absolute Gasteiger partial charge is 0.335 e. The molecule has 2 unspecified atom stereocenters. The molecule has 1 rings (SSSR count). The van der Waals surface area contributed by atoms with Crippen molar-refractivity contribution in [3.8, 4) is 0 Å². The van der Waals surface area contributed by atoms with Crippen molar-refractivity contribution in [2.45, 2.75) is 25.6 Å². The van der Waals surface area contributed by atoms with Crippen LogP contribution < -0.4 is 5.73 Å². The van der Waals surface area contributed by atoms with Crippen molar-refractivity contribution in [3.63, 3.8) is 0 Å². The molecule has 3 nitrogen and oxygen atoms in total. The van der Waals surface area contributed by atoms with Gasteiger partial charge in [-0.3, -0.25) is 4.79 Å². The summed E-state index contributed by atoms with van der Waals surface area (Å²) in [6, 6.07) is -0.166. The predicted molar refractivity (Wildman–Crippen MR) is 44.4 cm³/mol. The van der Waals surface area contributed by atoms with Crippen molar-refractivity contribution in [3.05, 3.63) is 0 Å². The summed E-state index contributed by atoms with van der Waals surface area (Å²) in [7, 11) is 0. The summed E-state index contributed by atoms with van der Waals surface area (Å²) in [6.45, 7) is 2.02. The molecule has 0 radical (unpaired) electrons. The Kier molecular flexibility index (Phi) is 3.04. The Bertz CT molecular complexity index is 227. The molecule has 1 saturated heterocycles. The zero-order valence-corrected chi connectivity index (χ0v) is 7.84. The normalized spacial score (nSPS) is 25.2. The first-order chi connectivity index (χ1) is 6.32. The SMILES string of the molecule is CC(N)C1CCN(C(=O)C(F)(F)F)C1. The van der Waals surface area contributed by atoms with E-state index < -0.39 is 12.1 Å². The monoisotopic (exact) mass is 210 g/mol. The van der Waals surface area contributed by atoms with Crippen LogP contribution >= 0.6 is 0 Å². The highest BCUT2D eigenvalue weighted by Gasteiger charge is 2.44. The Morgan fingerprint density at radius 2 is 2.14 bits per heavy atom. The second kappa shape index (κ2) is 3.76. The molecule has 0 aromatic carbocycles. The zero-order chi connectivity index (χ0) is 10.9. The summed E-state index contributed by atoms with van der Waals surface area (Å²) in [6.07, 6.45) is -4.20. The fourth-order valence-corrected chi connectivity index (χ4v) is 1.58. The number of alkyl halides is 3. The van der Waals surface area contributed by atoms with Crippen LogP contribution in [0.5, 0.6) is 0 Å². The quantitative estimate of drug-likeness (QED) is 0.694. The Balaban J connectivity index is 2.54. The van der Waals surface area contributed by atoms with E-state index in [2.05, 4.69) is 0 Å². The molecule has 1 fully saturated rings. The van der Waals surface area contributed by atoms with Gasteiger partial charge in [-0.15, -0.1) is 0 Å². The fraction of sp³-hybridized carbons (Fsp3) is 0.875. The van der Waals surface area contributed by atoms with Gasteiger partial charge in [0.25, 0.3) is 0 Å². The van der Waals surface area contributed by atoms with Gasteiger partial charge in [0.15, 0.2) is 0 Å². The number of hydrogen-bond donors (Lipinski definition) is 1. The molecular weight excluding hydrogens is 197 g/mol. The molecular formula is C8H13F3N2O. The molecule has 2 N–H and O–H groups in total. The molecule has 2 atom stereocenters. The van der Waals surface area contributed by atoms with Gasteiger partial charge < -0.3 is 10.6 Å². The lowest BCUT2D eigenvalue weighted by atomic mass is 10.0. The van der Waals surface area contributed by atoms with E-state index in [1.807, 2.05) is 0 Å². The van der Waals surface area contributed by atoms with Gasteiger partial charge in [-0.2, -0.15) is 13.2 Å². The number of carbonyl (C=O) groups is 1. The molecule has 0 aromatic rings. The lowest BCUT2D eigenvalue weighted by Crippen LogP contribution is -2.40. The van der Waals surface area contributed by atoms with Crippen LogP contribution in [0.1, 0.15) is 13.3 Å². The predicted octanol–water partition coefficient (Wildman–Crippen LogP) is 0.744. The van der Waals surface area contributed by atoms with Gasteiger partial charge in [0.05, 0.1) is 0 Å². The maximum absolute atomic E-state index is 12.0. The molecule has 82 valence electrons. The second-order valence-electron chi connectivity index (χ2n) is 3.66. The minimum atomic E-state index is -4.76. The van der Waals surface area contributed by atoms with Crippen molar-refractivity contribution in [1.29, 1.82) is 0 Å². The first-order valence-electron chi connectivity index (χ1n) is 4.44. The fourth-order valence-electron chi connectivity index (χ4n) is 1.58. The third-order valence-corrected chi connectivity index (χ3v) is 2.50. The first-order valence-corrected chi connectivity index (χ1v) is 4.44. The topological polar surface area (TPSA) is 46.3 Å². The number of hydrogen-bond acceptors (Lipinski definition) is 2. The summed E-state index contributed by atoms with van der Waals surface area (Å²) in [5.41, 5.74) is 5.55. The largest absolute Gasteiger partial charge is 0.471 e. The van der Waals surface area contributed by atoms with E-state index in [1.54, 1.807) is 6.92 Å². The molecule has 0 spiro atoms. The summed E-state index contributed by atoms with van der Waals surface area (Å²) >= 11 is 0. The van der Waals surface area contributed by atoms with Gasteiger partial charge in [0, 0.05) is 19.1 Å². The Labute approximate surface area is 80.0 Å². The molecule has 0 aliphatic carbocycles. The minimum Gasteiger partial charge on any atom is -0.335 e. The molecule has 14 heavy (non-hydrogen) atoms. The van der Waals surface area contributed by atoms with E-state index in [-0.39, 0.29) is 25.0 Å². The number of rotatable bonds is 1. The van der Waals surface area contributed by atoms with Gasteiger partial charge in [0.2, 0.25) is 0 Å². The molecule has 1 amide bonds. The Morgan fingerprint density at radius 1 is 1.57 bits per heavy atom. The second-order valence-corrected chi connectivity index (χ2v) is 3.66. The lowest BCUT2D eigenvalue weighted by Gasteiger charge is -2.19. The summed E-state index contributed by atoms with van der Waals surface area (Å²) in [5.74, 6) is -1.76. The van der Waals surface area contributed by atoms with Crippen LogP contribution in [0, 0.1) is 5.92 Å². The highest BCUT2D eigenvalue weighted by molar-refractivity contribution is 5.82. The van der Waals surface area contributed by atoms with Gasteiger partial charge in [-0.1, -0.05) is 0 Å². The molecule has 0 aromatic heterocycles. The van der Waals surface area contributed by atoms with Gasteiger partial charge >= 0.3 is 12.1 Å². The molecule has 0 bridgehead atoms. The number of nitrogens with two attached hydrogens (primary N) is 1. The van der Waals surface area contributed by atoms with Crippen LogP contribution in [0.4, 0.5) is 13.2 Å². The summed E-state index contributed by atoms with van der Waals surface area (Å²) < 4.78 is 36.0. The van der Waals surface area contributed by atoms with Crippen molar-refractivity contribution in [2.75, 3.05) is 13.1 Å². The Morgan fingerprint density at radius 3 is 2.50 bits per heavy atom. The van der Waals surface area contributed by atoms with E-state index in [0.29, 0.717) is 6.42 Å². The number of halogens is 3. The van der Waals surface area contributed by atoms with Crippen LogP contribution in [0.2, 0.25) is 0 Å². The average molecular weight is 210 g/mol. The summed E-state index contributed by atoms with van der Waals surface area (Å²) in [5, 5.41) is 0. The third kappa shape index (κ3) is 2.37. The van der Waals surface area contributed by atoms with E-state index in [4.69, 9.17) is 5.73 Å². The van der Waals surface area contributed by atoms with E-state index in [9.17, 15) is 18.0 Å². The maximum atomic E-state index is 12.0. The maximum Gasteiger partial charge on any atom is 0.471 e. The van der Waals surface area contributed by atoms with Crippen molar-refractivity contribution < 1.29 is 18.0 Å². The van der Waals surface area contributed by atoms with Crippen molar-refractivity contribution >= 4 is 5.91 Å². The standard InChI is InChI=1S/C8H13F3N2O/c1-5(12)6-2-3-13(4-6)7(14)8(9,10)11/h5-6H,2-4,12H2,1H3. The van der Waals surface area contributed by atoms with Gasteiger partial charge in [0.1, 0.15) is 0 Å². The van der Waals surface area contributed by atoms with Crippen LogP contribution in [0.15, 0.2) is 0 Å². The highest BCUT2D eigenvalue weighted by atomic mass is 19.4. The number of amides is 1. The van der Waals surface area contributed by atoms with Crippen molar-refractivity contribution in [1.82, 2.24) is 4.90 Å². The van der Waals surface area contributed by atoms with Crippen molar-refractivity contribution in [2.24, 2.45) is 11.7 Å². The van der Waals surface area contributed by atoms with E-state index in [1.165, 1.54) is 0 Å². The molecule has 6 heteroatoms. The third-order valence-electron chi connectivity index (χ3n) is 2.50. The molecule has 1 heterocycles. The van der Waals surface area contributed by atoms with Crippen LogP contribution in [-0.4, -0.2) is 36.1 Å².